The summed E-state index contributed by atoms with van der Waals surface area (Å²) in [7, 11) is 0. The second-order valence-electron chi connectivity index (χ2n) is 3.87. The van der Waals surface area contributed by atoms with Crippen molar-refractivity contribution >= 4 is 0 Å². The Morgan fingerprint density at radius 1 is 1.00 bits per heavy atom. The molecular weight excluding hydrogens is 138 g/mol. The molecule has 64 valence electrons. The molecular formula is C9H17NO. The van der Waals surface area contributed by atoms with Gasteiger partial charge in [-0.2, -0.15) is 0 Å². The zero-order valence-corrected chi connectivity index (χ0v) is 6.96. The molecule has 2 N–H and O–H groups in total. The van der Waals surface area contributed by atoms with Crippen LogP contribution in [0.5, 0.6) is 0 Å². The van der Waals surface area contributed by atoms with Crippen molar-refractivity contribution in [2.75, 3.05) is 6.61 Å². The molecule has 2 heteroatoms. The molecule has 2 aliphatic rings. The minimum absolute atomic E-state index is 0.448. The van der Waals surface area contributed by atoms with Crippen LogP contribution in [0.2, 0.25) is 0 Å². The summed E-state index contributed by atoms with van der Waals surface area (Å²) >= 11 is 0. The molecule has 1 heterocycles. The number of fused-ring (bicyclic) bond motifs is 1. The van der Waals surface area contributed by atoms with E-state index in [1.165, 1.54) is 32.1 Å². The van der Waals surface area contributed by atoms with Gasteiger partial charge in [-0.05, 0) is 38.0 Å². The zero-order chi connectivity index (χ0) is 7.68. The van der Waals surface area contributed by atoms with Gasteiger partial charge < -0.3 is 10.5 Å². The molecule has 2 fully saturated rings. The lowest BCUT2D eigenvalue weighted by Crippen LogP contribution is -2.18. The normalized spacial score (nSPS) is 45.0. The van der Waals surface area contributed by atoms with Crippen LogP contribution in [-0.4, -0.2) is 18.8 Å². The Morgan fingerprint density at radius 3 is 2.73 bits per heavy atom. The van der Waals surface area contributed by atoms with E-state index >= 15 is 0 Å². The quantitative estimate of drug-likeness (QED) is 0.572. The second-order valence-corrected chi connectivity index (χ2v) is 3.87. The topological polar surface area (TPSA) is 35.2 Å². The van der Waals surface area contributed by atoms with E-state index in [-0.39, 0.29) is 0 Å². The van der Waals surface area contributed by atoms with Crippen LogP contribution in [0.15, 0.2) is 0 Å². The summed E-state index contributed by atoms with van der Waals surface area (Å²) in [5.41, 5.74) is 5.88. The van der Waals surface area contributed by atoms with E-state index < -0.39 is 0 Å². The molecule has 2 nitrogen and oxygen atoms in total. The smallest absolute Gasteiger partial charge is 0.0604 e. The zero-order valence-electron chi connectivity index (χ0n) is 6.96. The molecule has 0 amide bonds. The van der Waals surface area contributed by atoms with E-state index in [9.17, 15) is 0 Å². The summed E-state index contributed by atoms with van der Waals surface area (Å²) in [6.45, 7) is 0.991. The lowest BCUT2D eigenvalue weighted by Gasteiger charge is -2.13. The third-order valence-corrected chi connectivity index (χ3v) is 3.08. The predicted octanol–water partition coefficient (Wildman–Crippen LogP) is 1.29. The third-order valence-electron chi connectivity index (χ3n) is 3.08. The highest BCUT2D eigenvalue weighted by Crippen LogP contribution is 2.32. The summed E-state index contributed by atoms with van der Waals surface area (Å²) in [5.74, 6) is 0.837. The molecule has 0 spiro atoms. The molecule has 0 radical (unpaired) electrons. The Balaban J connectivity index is 1.95. The number of rotatable bonds is 0. The van der Waals surface area contributed by atoms with Crippen molar-refractivity contribution in [2.24, 2.45) is 11.7 Å². The van der Waals surface area contributed by atoms with E-state index in [0.29, 0.717) is 12.1 Å². The van der Waals surface area contributed by atoms with Crippen LogP contribution in [0, 0.1) is 5.92 Å². The molecule has 2 rings (SSSR count). The largest absolute Gasteiger partial charge is 0.378 e. The maximum Gasteiger partial charge on any atom is 0.0604 e. The van der Waals surface area contributed by atoms with Gasteiger partial charge in [0.25, 0.3) is 0 Å². The van der Waals surface area contributed by atoms with E-state index in [1.807, 2.05) is 0 Å². The minimum Gasteiger partial charge on any atom is -0.378 e. The van der Waals surface area contributed by atoms with E-state index in [4.69, 9.17) is 10.5 Å². The number of hydrogen-bond donors (Lipinski definition) is 1. The Labute approximate surface area is 68.1 Å². The molecule has 3 atom stereocenters. The van der Waals surface area contributed by atoms with Crippen molar-refractivity contribution in [2.45, 2.75) is 44.2 Å². The molecule has 11 heavy (non-hydrogen) atoms. The van der Waals surface area contributed by atoms with Gasteiger partial charge in [-0.25, -0.2) is 0 Å². The first-order valence-corrected chi connectivity index (χ1v) is 4.73. The standard InChI is InChI=1S/C9H17NO/c10-8-2-1-7-5-6-11-9(7)4-3-8/h7-9H,1-6,10H2. The Hall–Kier alpha value is -0.0800. The third kappa shape index (κ3) is 1.57. The van der Waals surface area contributed by atoms with Crippen molar-refractivity contribution in [1.29, 1.82) is 0 Å². The Bertz CT molecular complexity index is 124. The van der Waals surface area contributed by atoms with Gasteiger partial charge in [-0.3, -0.25) is 0 Å². The van der Waals surface area contributed by atoms with Crippen LogP contribution in [0.1, 0.15) is 32.1 Å². The molecule has 1 saturated heterocycles. The van der Waals surface area contributed by atoms with Crippen molar-refractivity contribution < 1.29 is 4.74 Å². The fraction of sp³-hybridized carbons (Fsp3) is 1.00. The van der Waals surface area contributed by atoms with Crippen molar-refractivity contribution in [3.63, 3.8) is 0 Å². The van der Waals surface area contributed by atoms with Gasteiger partial charge in [-0.1, -0.05) is 0 Å². The first-order valence-electron chi connectivity index (χ1n) is 4.73. The molecule has 0 aromatic heterocycles. The molecule has 1 saturated carbocycles. The lowest BCUT2D eigenvalue weighted by molar-refractivity contribution is 0.0848. The van der Waals surface area contributed by atoms with Crippen molar-refractivity contribution in [3.8, 4) is 0 Å². The van der Waals surface area contributed by atoms with Crippen LogP contribution in [0.4, 0.5) is 0 Å². The summed E-state index contributed by atoms with van der Waals surface area (Å²) < 4.78 is 5.63. The number of nitrogens with two attached hydrogens (primary N) is 1. The van der Waals surface area contributed by atoms with Crippen LogP contribution < -0.4 is 5.73 Å². The maximum atomic E-state index is 5.88. The van der Waals surface area contributed by atoms with E-state index in [2.05, 4.69) is 0 Å². The molecule has 1 aliphatic heterocycles. The highest BCUT2D eigenvalue weighted by molar-refractivity contribution is 4.82. The van der Waals surface area contributed by atoms with Gasteiger partial charge in [0.1, 0.15) is 0 Å². The van der Waals surface area contributed by atoms with Crippen LogP contribution >= 0.6 is 0 Å². The van der Waals surface area contributed by atoms with Gasteiger partial charge in [0.15, 0.2) is 0 Å². The predicted molar refractivity (Wildman–Crippen MR) is 44.3 cm³/mol. The fourth-order valence-corrected chi connectivity index (χ4v) is 2.29. The highest BCUT2D eigenvalue weighted by atomic mass is 16.5. The van der Waals surface area contributed by atoms with Gasteiger partial charge in [-0.15, -0.1) is 0 Å². The van der Waals surface area contributed by atoms with E-state index in [0.717, 1.165) is 12.5 Å². The van der Waals surface area contributed by atoms with E-state index in [1.54, 1.807) is 0 Å². The second kappa shape index (κ2) is 3.11. The van der Waals surface area contributed by atoms with Crippen molar-refractivity contribution in [1.82, 2.24) is 0 Å². The summed E-state index contributed by atoms with van der Waals surface area (Å²) in [6, 6.07) is 0.448. The lowest BCUT2D eigenvalue weighted by atomic mass is 9.97. The summed E-state index contributed by atoms with van der Waals surface area (Å²) in [6.07, 6.45) is 6.71. The fourth-order valence-electron chi connectivity index (χ4n) is 2.29. The minimum atomic E-state index is 0.448. The summed E-state index contributed by atoms with van der Waals surface area (Å²) in [4.78, 5) is 0. The van der Waals surface area contributed by atoms with Gasteiger partial charge >= 0.3 is 0 Å². The monoisotopic (exact) mass is 155 g/mol. The van der Waals surface area contributed by atoms with Gasteiger partial charge in [0.05, 0.1) is 6.10 Å². The van der Waals surface area contributed by atoms with Gasteiger partial charge in [0.2, 0.25) is 0 Å². The average Bonchev–Trinajstić information content (AvgIpc) is 2.38. The summed E-state index contributed by atoms with van der Waals surface area (Å²) in [5, 5.41) is 0. The molecule has 0 bridgehead atoms. The number of hydrogen-bond acceptors (Lipinski definition) is 2. The first kappa shape index (κ1) is 7.56. The molecule has 0 aromatic carbocycles. The van der Waals surface area contributed by atoms with Crippen LogP contribution in [-0.2, 0) is 4.74 Å². The Kier molecular flexibility index (Phi) is 2.14. The number of ether oxygens (including phenoxy) is 1. The molecule has 3 unspecified atom stereocenters. The first-order chi connectivity index (χ1) is 5.36. The average molecular weight is 155 g/mol. The van der Waals surface area contributed by atoms with Gasteiger partial charge in [0, 0.05) is 12.6 Å². The van der Waals surface area contributed by atoms with Crippen LogP contribution in [0.3, 0.4) is 0 Å². The highest BCUT2D eigenvalue weighted by Gasteiger charge is 2.30. The van der Waals surface area contributed by atoms with Crippen molar-refractivity contribution in [3.05, 3.63) is 0 Å². The SMILES string of the molecule is NC1CCC2CCOC2CC1. The van der Waals surface area contributed by atoms with Crippen LogP contribution in [0.25, 0.3) is 0 Å². The Morgan fingerprint density at radius 2 is 1.82 bits per heavy atom. The molecule has 0 aromatic rings. The molecule has 1 aliphatic carbocycles. The maximum absolute atomic E-state index is 5.88.